The van der Waals surface area contributed by atoms with Crippen molar-refractivity contribution in [3.8, 4) is 5.13 Å². The zero-order valence-electron chi connectivity index (χ0n) is 11.8. The molecule has 0 saturated heterocycles. The third kappa shape index (κ3) is 2.55. The molecular weight excluding hydrogens is 260 g/mol. The van der Waals surface area contributed by atoms with Crippen molar-refractivity contribution in [1.82, 2.24) is 20.0 Å². The van der Waals surface area contributed by atoms with Crippen LogP contribution in [-0.4, -0.2) is 25.1 Å². The molecule has 0 spiro atoms. The first kappa shape index (κ1) is 14.1. The lowest BCUT2D eigenvalue weighted by atomic mass is 9.98. The zero-order valence-corrected chi connectivity index (χ0v) is 12.7. The SMILES string of the molecule is CCC(CC)c1c(CO)nnn1-c1nc(C)c(C)s1. The third-order valence-electron chi connectivity index (χ3n) is 3.50. The summed E-state index contributed by atoms with van der Waals surface area (Å²) >= 11 is 1.61. The van der Waals surface area contributed by atoms with Crippen LogP contribution in [0.3, 0.4) is 0 Å². The molecule has 0 amide bonds. The summed E-state index contributed by atoms with van der Waals surface area (Å²) in [6.07, 6.45) is 2.00. The molecule has 0 aliphatic heterocycles. The second-order valence-electron chi connectivity index (χ2n) is 4.64. The fraction of sp³-hybridized carbons (Fsp3) is 0.615. The number of hydrogen-bond acceptors (Lipinski definition) is 5. The minimum absolute atomic E-state index is 0.0742. The summed E-state index contributed by atoms with van der Waals surface area (Å²) in [5.41, 5.74) is 2.69. The highest BCUT2D eigenvalue weighted by Gasteiger charge is 2.22. The molecule has 1 N–H and O–H groups in total. The number of rotatable bonds is 5. The molecule has 2 aromatic heterocycles. The van der Waals surface area contributed by atoms with E-state index in [0.29, 0.717) is 11.6 Å². The highest BCUT2D eigenvalue weighted by Crippen LogP contribution is 2.29. The number of aromatic nitrogens is 4. The Balaban J connectivity index is 2.54. The molecule has 0 saturated carbocycles. The number of nitrogens with zero attached hydrogens (tertiary/aromatic N) is 4. The molecule has 0 unspecified atom stereocenters. The van der Waals surface area contributed by atoms with E-state index in [1.165, 1.54) is 4.88 Å². The van der Waals surface area contributed by atoms with Gasteiger partial charge in [-0.3, -0.25) is 0 Å². The largest absolute Gasteiger partial charge is 0.390 e. The molecule has 0 fully saturated rings. The average Bonchev–Trinajstić information content (AvgIpc) is 2.96. The van der Waals surface area contributed by atoms with Gasteiger partial charge in [0.05, 0.1) is 18.0 Å². The van der Waals surface area contributed by atoms with Crippen LogP contribution in [0, 0.1) is 13.8 Å². The van der Waals surface area contributed by atoms with E-state index in [1.807, 2.05) is 6.92 Å². The summed E-state index contributed by atoms with van der Waals surface area (Å²) in [6.45, 7) is 8.26. The molecule has 2 rings (SSSR count). The molecule has 2 heterocycles. The van der Waals surface area contributed by atoms with Crippen molar-refractivity contribution >= 4 is 11.3 Å². The van der Waals surface area contributed by atoms with E-state index in [4.69, 9.17) is 0 Å². The van der Waals surface area contributed by atoms with Gasteiger partial charge in [0.2, 0.25) is 5.13 Å². The zero-order chi connectivity index (χ0) is 14.0. The molecule has 6 heteroatoms. The second kappa shape index (κ2) is 5.79. The molecule has 104 valence electrons. The first-order chi connectivity index (χ1) is 9.12. The lowest BCUT2D eigenvalue weighted by Gasteiger charge is -2.14. The van der Waals surface area contributed by atoms with E-state index in [1.54, 1.807) is 16.0 Å². The van der Waals surface area contributed by atoms with Gasteiger partial charge in [0, 0.05) is 10.8 Å². The number of thiazole rings is 1. The lowest BCUT2D eigenvalue weighted by Crippen LogP contribution is -2.08. The smallest absolute Gasteiger partial charge is 0.212 e. The quantitative estimate of drug-likeness (QED) is 0.914. The van der Waals surface area contributed by atoms with Crippen molar-refractivity contribution in [1.29, 1.82) is 0 Å². The highest BCUT2D eigenvalue weighted by atomic mass is 32.1. The van der Waals surface area contributed by atoms with Crippen LogP contribution in [0.1, 0.15) is 54.6 Å². The van der Waals surface area contributed by atoms with Gasteiger partial charge < -0.3 is 5.11 Å². The number of aryl methyl sites for hydroxylation is 2. The van der Waals surface area contributed by atoms with Gasteiger partial charge in [-0.25, -0.2) is 4.98 Å². The Labute approximate surface area is 117 Å². The van der Waals surface area contributed by atoms with E-state index >= 15 is 0 Å². The number of aliphatic hydroxyl groups excluding tert-OH is 1. The maximum Gasteiger partial charge on any atom is 0.212 e. The predicted octanol–water partition coefficient (Wildman–Crippen LogP) is 2.74. The van der Waals surface area contributed by atoms with Gasteiger partial charge in [0.25, 0.3) is 0 Å². The first-order valence-corrected chi connectivity index (χ1v) is 7.43. The van der Waals surface area contributed by atoms with Crippen molar-refractivity contribution in [3.63, 3.8) is 0 Å². The first-order valence-electron chi connectivity index (χ1n) is 6.62. The van der Waals surface area contributed by atoms with E-state index in [0.717, 1.165) is 29.4 Å². The molecule has 0 radical (unpaired) electrons. The van der Waals surface area contributed by atoms with E-state index in [-0.39, 0.29) is 6.61 Å². The molecule has 2 aromatic rings. The maximum absolute atomic E-state index is 9.45. The molecule has 5 nitrogen and oxygen atoms in total. The van der Waals surface area contributed by atoms with Gasteiger partial charge in [-0.1, -0.05) is 30.4 Å². The fourth-order valence-corrected chi connectivity index (χ4v) is 3.08. The van der Waals surface area contributed by atoms with Gasteiger partial charge in [-0.15, -0.1) is 5.10 Å². The second-order valence-corrected chi connectivity index (χ2v) is 5.82. The normalized spacial score (nSPS) is 11.5. The van der Waals surface area contributed by atoms with E-state index in [2.05, 4.69) is 36.1 Å². The van der Waals surface area contributed by atoms with Crippen LogP contribution in [-0.2, 0) is 6.61 Å². The molecule has 0 atom stereocenters. The Kier molecular flexibility index (Phi) is 4.31. The van der Waals surface area contributed by atoms with Crippen LogP contribution < -0.4 is 0 Å². The summed E-state index contributed by atoms with van der Waals surface area (Å²) in [7, 11) is 0. The number of aliphatic hydroxyl groups is 1. The van der Waals surface area contributed by atoms with Crippen LogP contribution in [0.15, 0.2) is 0 Å². The average molecular weight is 280 g/mol. The minimum Gasteiger partial charge on any atom is -0.390 e. The highest BCUT2D eigenvalue weighted by molar-refractivity contribution is 7.14. The topological polar surface area (TPSA) is 63.8 Å². The Hall–Kier alpha value is -1.27. The monoisotopic (exact) mass is 280 g/mol. The van der Waals surface area contributed by atoms with Crippen LogP contribution in [0.4, 0.5) is 0 Å². The van der Waals surface area contributed by atoms with Gasteiger partial charge in [0.1, 0.15) is 5.69 Å². The molecule has 0 aliphatic carbocycles. The van der Waals surface area contributed by atoms with Crippen molar-refractivity contribution in [2.45, 2.75) is 53.1 Å². The van der Waals surface area contributed by atoms with Crippen molar-refractivity contribution in [2.24, 2.45) is 0 Å². The van der Waals surface area contributed by atoms with E-state index < -0.39 is 0 Å². The van der Waals surface area contributed by atoms with Gasteiger partial charge in [0.15, 0.2) is 0 Å². The van der Waals surface area contributed by atoms with Crippen LogP contribution in [0.25, 0.3) is 5.13 Å². The van der Waals surface area contributed by atoms with Gasteiger partial charge >= 0.3 is 0 Å². The van der Waals surface area contributed by atoms with Crippen LogP contribution in [0.5, 0.6) is 0 Å². The maximum atomic E-state index is 9.45. The minimum atomic E-state index is -0.0742. The van der Waals surface area contributed by atoms with Crippen LogP contribution in [0.2, 0.25) is 0 Å². The van der Waals surface area contributed by atoms with Crippen molar-refractivity contribution in [3.05, 3.63) is 22.0 Å². The predicted molar refractivity (Wildman–Crippen MR) is 75.8 cm³/mol. The summed E-state index contributed by atoms with van der Waals surface area (Å²) < 4.78 is 1.80. The van der Waals surface area contributed by atoms with Gasteiger partial charge in [-0.05, 0) is 26.7 Å². The fourth-order valence-electron chi connectivity index (χ4n) is 2.20. The molecule has 0 aromatic carbocycles. The third-order valence-corrected chi connectivity index (χ3v) is 4.55. The van der Waals surface area contributed by atoms with Gasteiger partial charge in [-0.2, -0.15) is 4.68 Å². The van der Waals surface area contributed by atoms with Crippen molar-refractivity contribution < 1.29 is 5.11 Å². The molecule has 0 aliphatic rings. The molecule has 0 bridgehead atoms. The lowest BCUT2D eigenvalue weighted by molar-refractivity contribution is 0.274. The Morgan fingerprint density at radius 2 is 1.95 bits per heavy atom. The van der Waals surface area contributed by atoms with Crippen molar-refractivity contribution in [2.75, 3.05) is 0 Å². The Morgan fingerprint density at radius 1 is 1.26 bits per heavy atom. The molecular formula is C13H20N4OS. The summed E-state index contributed by atoms with van der Waals surface area (Å²) in [6, 6.07) is 0. The summed E-state index contributed by atoms with van der Waals surface area (Å²) in [5.74, 6) is 0.349. The van der Waals surface area contributed by atoms with E-state index in [9.17, 15) is 5.11 Å². The Morgan fingerprint density at radius 3 is 2.42 bits per heavy atom. The molecule has 19 heavy (non-hydrogen) atoms. The standard InChI is InChI=1S/C13H20N4OS/c1-5-10(6-2)12-11(7-18)15-16-17(12)13-14-8(3)9(4)19-13/h10,18H,5-7H2,1-4H3. The number of hydrogen-bond donors (Lipinski definition) is 1. The summed E-state index contributed by atoms with van der Waals surface area (Å²) in [4.78, 5) is 5.72. The van der Waals surface area contributed by atoms with Crippen LogP contribution >= 0.6 is 11.3 Å². The Bertz CT molecular complexity index is 537. The summed E-state index contributed by atoms with van der Waals surface area (Å²) in [5, 5.41) is 18.6.